The molecule has 1 aromatic rings. The van der Waals surface area contributed by atoms with Gasteiger partial charge in [0.05, 0.1) is 9.82 Å². The maximum absolute atomic E-state index is 13.0. The minimum Gasteiger partial charge on any atom is -0.342 e. The molecule has 154 valence electrons. The first-order chi connectivity index (χ1) is 13.2. The number of sulfonamides is 1. The van der Waals surface area contributed by atoms with Gasteiger partial charge < -0.3 is 4.90 Å². The Labute approximate surface area is 165 Å². The molecule has 2 fully saturated rings. The summed E-state index contributed by atoms with van der Waals surface area (Å²) in [6.07, 6.45) is 3.13. The Kier molecular flexibility index (Phi) is 6.04. The summed E-state index contributed by atoms with van der Waals surface area (Å²) >= 11 is 0. The largest absolute Gasteiger partial charge is 0.342 e. The fourth-order valence-electron chi connectivity index (χ4n) is 4.11. The summed E-state index contributed by atoms with van der Waals surface area (Å²) in [6.45, 7) is 5.85. The van der Waals surface area contributed by atoms with Crippen molar-refractivity contribution in [2.24, 2.45) is 11.8 Å². The highest BCUT2D eigenvalue weighted by Crippen LogP contribution is 2.29. The molecule has 0 spiro atoms. The monoisotopic (exact) mass is 409 g/mol. The number of hydrogen-bond acceptors (Lipinski definition) is 5. The molecule has 0 aliphatic carbocycles. The number of amides is 1. The van der Waals surface area contributed by atoms with Crippen LogP contribution in [0.15, 0.2) is 23.1 Å². The van der Waals surface area contributed by atoms with Crippen molar-refractivity contribution in [3.05, 3.63) is 33.9 Å². The maximum atomic E-state index is 13.0. The molecule has 28 heavy (non-hydrogen) atoms. The van der Waals surface area contributed by atoms with Crippen molar-refractivity contribution in [1.29, 1.82) is 0 Å². The number of carbonyl (C=O) groups is 1. The van der Waals surface area contributed by atoms with E-state index in [1.54, 1.807) is 6.92 Å². The van der Waals surface area contributed by atoms with E-state index in [-0.39, 0.29) is 35.5 Å². The summed E-state index contributed by atoms with van der Waals surface area (Å²) in [7, 11) is -3.83. The van der Waals surface area contributed by atoms with Gasteiger partial charge in [-0.05, 0) is 44.1 Å². The van der Waals surface area contributed by atoms with Crippen LogP contribution in [0.1, 0.15) is 38.2 Å². The molecule has 2 aliphatic heterocycles. The van der Waals surface area contributed by atoms with E-state index in [9.17, 15) is 23.3 Å². The number of rotatable bonds is 4. The van der Waals surface area contributed by atoms with E-state index in [0.29, 0.717) is 24.3 Å². The van der Waals surface area contributed by atoms with Crippen molar-refractivity contribution in [3.8, 4) is 0 Å². The number of benzene rings is 1. The van der Waals surface area contributed by atoms with Crippen molar-refractivity contribution in [1.82, 2.24) is 9.21 Å². The van der Waals surface area contributed by atoms with Gasteiger partial charge in [0.2, 0.25) is 15.9 Å². The quantitative estimate of drug-likeness (QED) is 0.562. The summed E-state index contributed by atoms with van der Waals surface area (Å²) in [4.78, 5) is 25.1. The number of carbonyl (C=O) groups excluding carboxylic acids is 1. The Morgan fingerprint density at radius 2 is 1.86 bits per heavy atom. The van der Waals surface area contributed by atoms with Crippen LogP contribution in [0.3, 0.4) is 0 Å². The third-order valence-corrected chi connectivity index (χ3v) is 7.81. The molecule has 2 saturated heterocycles. The zero-order valence-corrected chi connectivity index (χ0v) is 17.2. The van der Waals surface area contributed by atoms with Crippen LogP contribution >= 0.6 is 0 Å². The lowest BCUT2D eigenvalue weighted by molar-refractivity contribution is -0.385. The molecule has 1 unspecified atom stereocenters. The second kappa shape index (κ2) is 8.16. The number of non-ortho nitro benzene ring substituents is 1. The van der Waals surface area contributed by atoms with Crippen molar-refractivity contribution >= 4 is 21.6 Å². The smallest absolute Gasteiger partial charge is 0.270 e. The summed E-state index contributed by atoms with van der Waals surface area (Å²) in [6, 6.07) is 3.88. The van der Waals surface area contributed by atoms with E-state index in [4.69, 9.17) is 0 Å². The molecule has 0 N–H and O–H groups in total. The Morgan fingerprint density at radius 3 is 2.46 bits per heavy atom. The number of hydrogen-bond donors (Lipinski definition) is 0. The molecular formula is C19H27N3O5S. The first-order valence-electron chi connectivity index (χ1n) is 9.74. The zero-order valence-electron chi connectivity index (χ0n) is 16.3. The minimum absolute atomic E-state index is 0.0312. The van der Waals surface area contributed by atoms with E-state index in [1.165, 1.54) is 16.4 Å². The lowest BCUT2D eigenvalue weighted by atomic mass is 9.93. The van der Waals surface area contributed by atoms with Crippen molar-refractivity contribution < 1.29 is 18.1 Å². The molecule has 0 aromatic heterocycles. The highest BCUT2D eigenvalue weighted by molar-refractivity contribution is 7.89. The van der Waals surface area contributed by atoms with Crippen LogP contribution in [0.2, 0.25) is 0 Å². The predicted molar refractivity (Wildman–Crippen MR) is 104 cm³/mol. The molecule has 9 heteroatoms. The number of piperidine rings is 2. The molecule has 1 aromatic carbocycles. The van der Waals surface area contributed by atoms with E-state index in [1.807, 2.05) is 4.90 Å². The van der Waals surface area contributed by atoms with Crippen molar-refractivity contribution in [2.75, 3.05) is 26.2 Å². The third-order valence-electron chi connectivity index (χ3n) is 5.77. The lowest BCUT2D eigenvalue weighted by Crippen LogP contribution is -2.47. The Morgan fingerprint density at radius 1 is 1.18 bits per heavy atom. The predicted octanol–water partition coefficient (Wildman–Crippen LogP) is 2.56. The van der Waals surface area contributed by atoms with E-state index >= 15 is 0 Å². The lowest BCUT2D eigenvalue weighted by Gasteiger charge is -2.36. The highest BCUT2D eigenvalue weighted by atomic mass is 32.2. The maximum Gasteiger partial charge on any atom is 0.270 e. The first kappa shape index (κ1) is 20.7. The Hall–Kier alpha value is -2.00. The minimum atomic E-state index is -3.83. The van der Waals surface area contributed by atoms with Crippen LogP contribution in [-0.4, -0.2) is 54.6 Å². The molecule has 1 amide bonds. The Balaban J connectivity index is 1.69. The van der Waals surface area contributed by atoms with E-state index in [0.717, 1.165) is 32.0 Å². The van der Waals surface area contributed by atoms with E-state index < -0.39 is 14.9 Å². The fourth-order valence-corrected chi connectivity index (χ4v) is 5.82. The van der Waals surface area contributed by atoms with Gasteiger partial charge in [0.25, 0.3) is 5.69 Å². The number of nitro groups is 1. The number of aryl methyl sites for hydroxylation is 1. The van der Waals surface area contributed by atoms with Crippen LogP contribution in [0.25, 0.3) is 0 Å². The summed E-state index contributed by atoms with van der Waals surface area (Å²) in [5, 5.41) is 11.0. The van der Waals surface area contributed by atoms with E-state index in [2.05, 4.69) is 6.92 Å². The third kappa shape index (κ3) is 4.20. The molecule has 2 heterocycles. The number of nitro benzene ring substituents is 1. The van der Waals surface area contributed by atoms with Gasteiger partial charge in [0, 0.05) is 44.2 Å². The van der Waals surface area contributed by atoms with Crippen LogP contribution in [-0.2, 0) is 14.8 Å². The average Bonchev–Trinajstić information content (AvgIpc) is 2.67. The van der Waals surface area contributed by atoms with Gasteiger partial charge in [-0.25, -0.2) is 8.42 Å². The Bertz CT molecular complexity index is 862. The molecule has 8 nitrogen and oxygen atoms in total. The second-order valence-electron chi connectivity index (χ2n) is 7.92. The first-order valence-corrected chi connectivity index (χ1v) is 11.2. The molecule has 2 aliphatic rings. The standard InChI is InChI=1S/C19H27N3O5S/c1-14-4-3-9-20(13-14)19(23)16-7-10-21(11-8-16)28(26,27)18-12-17(22(24)25)6-5-15(18)2/h5-6,12,14,16H,3-4,7-11,13H2,1-2H3. The van der Waals surface area contributed by atoms with Crippen molar-refractivity contribution in [3.63, 3.8) is 0 Å². The van der Waals surface area contributed by atoms with Gasteiger partial charge in [-0.1, -0.05) is 13.0 Å². The molecule has 0 bridgehead atoms. The summed E-state index contributed by atoms with van der Waals surface area (Å²) in [5.41, 5.74) is 0.236. The van der Waals surface area contributed by atoms with Gasteiger partial charge in [0.1, 0.15) is 0 Å². The van der Waals surface area contributed by atoms with Gasteiger partial charge in [-0.3, -0.25) is 14.9 Å². The SMILES string of the molecule is Cc1ccc([N+](=O)[O-])cc1S(=O)(=O)N1CCC(C(=O)N2CCCC(C)C2)CC1. The van der Waals surface area contributed by atoms with Crippen LogP contribution in [0, 0.1) is 28.9 Å². The van der Waals surface area contributed by atoms with Crippen LogP contribution < -0.4 is 0 Å². The number of nitrogens with zero attached hydrogens (tertiary/aromatic N) is 3. The topological polar surface area (TPSA) is 101 Å². The molecule has 0 saturated carbocycles. The molecular weight excluding hydrogens is 382 g/mol. The highest BCUT2D eigenvalue weighted by Gasteiger charge is 2.35. The molecule has 0 radical (unpaired) electrons. The van der Waals surface area contributed by atoms with Crippen LogP contribution in [0.5, 0.6) is 0 Å². The average molecular weight is 410 g/mol. The molecule has 1 atom stereocenters. The van der Waals surface area contributed by atoms with Gasteiger partial charge in [0.15, 0.2) is 0 Å². The van der Waals surface area contributed by atoms with Crippen molar-refractivity contribution in [2.45, 2.75) is 44.4 Å². The molecule has 3 rings (SSSR count). The summed E-state index contributed by atoms with van der Waals surface area (Å²) in [5.74, 6) is 0.494. The fraction of sp³-hybridized carbons (Fsp3) is 0.632. The summed E-state index contributed by atoms with van der Waals surface area (Å²) < 4.78 is 27.4. The zero-order chi connectivity index (χ0) is 20.5. The number of likely N-dealkylation sites (tertiary alicyclic amines) is 1. The normalized spacial score (nSPS) is 22.2. The van der Waals surface area contributed by atoms with Crippen LogP contribution in [0.4, 0.5) is 5.69 Å². The second-order valence-corrected chi connectivity index (χ2v) is 9.82. The van der Waals surface area contributed by atoms with Gasteiger partial charge >= 0.3 is 0 Å². The van der Waals surface area contributed by atoms with Gasteiger partial charge in [-0.2, -0.15) is 4.31 Å². The van der Waals surface area contributed by atoms with Gasteiger partial charge in [-0.15, -0.1) is 0 Å².